The Balaban J connectivity index is 1.99. The maximum atomic E-state index is 12.4. The Bertz CT molecular complexity index is 688. The summed E-state index contributed by atoms with van der Waals surface area (Å²) < 4.78 is 11.1. The van der Waals surface area contributed by atoms with Gasteiger partial charge in [-0.3, -0.25) is 4.79 Å². The first kappa shape index (κ1) is 17.3. The molecule has 0 radical (unpaired) electrons. The standard InChI is InChI=1S/C15H17N3O3S2/c1-4-7-16-14-17-18-15(23-14)22-9-12(19)11-6-5-10(20-2)8-13(11)21-3/h4-6,8H,1,7,9H2,2-3H3,(H,16,17). The van der Waals surface area contributed by atoms with Crippen LogP contribution in [0.1, 0.15) is 10.4 Å². The minimum atomic E-state index is -0.0368. The maximum Gasteiger partial charge on any atom is 0.206 e. The van der Waals surface area contributed by atoms with Crippen molar-refractivity contribution in [3.8, 4) is 11.5 Å². The molecule has 0 aliphatic rings. The Morgan fingerprint density at radius 3 is 2.91 bits per heavy atom. The summed E-state index contributed by atoms with van der Waals surface area (Å²) in [5, 5.41) is 11.8. The van der Waals surface area contributed by atoms with Crippen molar-refractivity contribution in [1.29, 1.82) is 0 Å². The van der Waals surface area contributed by atoms with E-state index in [2.05, 4.69) is 22.1 Å². The van der Waals surface area contributed by atoms with E-state index in [-0.39, 0.29) is 11.5 Å². The van der Waals surface area contributed by atoms with Gasteiger partial charge in [0.25, 0.3) is 0 Å². The highest BCUT2D eigenvalue weighted by Gasteiger charge is 2.15. The fourth-order valence-electron chi connectivity index (χ4n) is 1.73. The van der Waals surface area contributed by atoms with Crippen molar-refractivity contribution < 1.29 is 14.3 Å². The number of Topliss-reactive ketones (excluding diaryl/α,β-unsaturated/α-hetero) is 1. The van der Waals surface area contributed by atoms with Gasteiger partial charge in [0.1, 0.15) is 11.5 Å². The SMILES string of the molecule is C=CCNc1nnc(SCC(=O)c2ccc(OC)cc2OC)s1. The molecular formula is C15H17N3O3S2. The van der Waals surface area contributed by atoms with E-state index in [1.54, 1.807) is 31.4 Å². The third-order valence-corrected chi connectivity index (χ3v) is 4.85. The summed E-state index contributed by atoms with van der Waals surface area (Å²) in [6.07, 6.45) is 1.74. The highest BCUT2D eigenvalue weighted by Crippen LogP contribution is 2.29. The van der Waals surface area contributed by atoms with E-state index in [1.807, 2.05) is 0 Å². The van der Waals surface area contributed by atoms with Gasteiger partial charge in [-0.25, -0.2) is 0 Å². The van der Waals surface area contributed by atoms with Crippen molar-refractivity contribution in [2.24, 2.45) is 0 Å². The van der Waals surface area contributed by atoms with Crippen LogP contribution in [0.5, 0.6) is 11.5 Å². The second-order valence-electron chi connectivity index (χ2n) is 4.32. The molecule has 0 aliphatic carbocycles. The molecule has 0 saturated carbocycles. The van der Waals surface area contributed by atoms with E-state index >= 15 is 0 Å². The van der Waals surface area contributed by atoms with Gasteiger partial charge in [-0.1, -0.05) is 29.2 Å². The molecule has 0 atom stereocenters. The van der Waals surface area contributed by atoms with Gasteiger partial charge in [-0.05, 0) is 12.1 Å². The monoisotopic (exact) mass is 351 g/mol. The van der Waals surface area contributed by atoms with E-state index in [1.165, 1.54) is 30.2 Å². The molecule has 0 unspecified atom stereocenters. The van der Waals surface area contributed by atoms with Gasteiger partial charge in [0.05, 0.1) is 25.5 Å². The van der Waals surface area contributed by atoms with Crippen molar-refractivity contribution in [2.45, 2.75) is 4.34 Å². The zero-order valence-electron chi connectivity index (χ0n) is 12.9. The van der Waals surface area contributed by atoms with Crippen molar-refractivity contribution in [2.75, 3.05) is 31.8 Å². The number of methoxy groups -OCH3 is 2. The fraction of sp³-hybridized carbons (Fsp3) is 0.267. The van der Waals surface area contributed by atoms with Crippen LogP contribution in [0, 0.1) is 0 Å². The lowest BCUT2D eigenvalue weighted by Gasteiger charge is -2.09. The van der Waals surface area contributed by atoms with Crippen LogP contribution in [0.15, 0.2) is 35.2 Å². The van der Waals surface area contributed by atoms with Crippen LogP contribution in [0.25, 0.3) is 0 Å². The first-order valence-electron chi connectivity index (χ1n) is 6.74. The molecule has 0 amide bonds. The number of anilines is 1. The molecule has 1 aromatic carbocycles. The average Bonchev–Trinajstić information content (AvgIpc) is 3.05. The van der Waals surface area contributed by atoms with E-state index in [4.69, 9.17) is 9.47 Å². The smallest absolute Gasteiger partial charge is 0.206 e. The number of rotatable bonds is 9. The highest BCUT2D eigenvalue weighted by molar-refractivity contribution is 8.01. The van der Waals surface area contributed by atoms with Gasteiger partial charge in [0, 0.05) is 12.6 Å². The molecule has 1 heterocycles. The summed E-state index contributed by atoms with van der Waals surface area (Å²) in [5.74, 6) is 1.37. The maximum absolute atomic E-state index is 12.4. The van der Waals surface area contributed by atoms with Gasteiger partial charge in [0.15, 0.2) is 10.1 Å². The number of carbonyl (C=O) groups excluding carboxylic acids is 1. The number of nitrogens with one attached hydrogen (secondary N) is 1. The van der Waals surface area contributed by atoms with E-state index in [9.17, 15) is 4.79 Å². The molecule has 1 aromatic heterocycles. The lowest BCUT2D eigenvalue weighted by Crippen LogP contribution is -2.05. The Hall–Kier alpha value is -2.06. The van der Waals surface area contributed by atoms with Gasteiger partial charge < -0.3 is 14.8 Å². The average molecular weight is 351 g/mol. The molecule has 8 heteroatoms. The van der Waals surface area contributed by atoms with Crippen LogP contribution in [0.3, 0.4) is 0 Å². The normalized spacial score (nSPS) is 10.2. The predicted molar refractivity (Wildman–Crippen MR) is 93.2 cm³/mol. The minimum Gasteiger partial charge on any atom is -0.497 e. The first-order valence-corrected chi connectivity index (χ1v) is 8.54. The quantitative estimate of drug-likeness (QED) is 0.423. The molecule has 6 nitrogen and oxygen atoms in total. The molecule has 0 fully saturated rings. The number of ketones is 1. The number of benzene rings is 1. The fourth-order valence-corrected chi connectivity index (χ4v) is 3.38. The van der Waals surface area contributed by atoms with E-state index < -0.39 is 0 Å². The predicted octanol–water partition coefficient (Wildman–Crippen LogP) is 3.13. The van der Waals surface area contributed by atoms with Crippen molar-refractivity contribution in [3.05, 3.63) is 36.4 Å². The number of hydrogen-bond acceptors (Lipinski definition) is 8. The summed E-state index contributed by atoms with van der Waals surface area (Å²) in [4.78, 5) is 12.4. The third-order valence-electron chi connectivity index (χ3n) is 2.84. The molecule has 1 N–H and O–H groups in total. The highest BCUT2D eigenvalue weighted by atomic mass is 32.2. The Kier molecular flexibility index (Phi) is 6.42. The first-order chi connectivity index (χ1) is 11.2. The molecule has 0 spiro atoms. The Morgan fingerprint density at radius 2 is 2.22 bits per heavy atom. The minimum absolute atomic E-state index is 0.0368. The number of ether oxygens (including phenoxy) is 2. The summed E-state index contributed by atoms with van der Waals surface area (Å²) >= 11 is 2.75. The van der Waals surface area contributed by atoms with E-state index in [0.29, 0.717) is 28.7 Å². The molecule has 2 rings (SSSR count). The van der Waals surface area contributed by atoms with Crippen molar-refractivity contribution in [1.82, 2.24) is 10.2 Å². The molecule has 23 heavy (non-hydrogen) atoms. The number of nitrogens with zero attached hydrogens (tertiary/aromatic N) is 2. The van der Waals surface area contributed by atoms with Gasteiger partial charge in [-0.15, -0.1) is 16.8 Å². The largest absolute Gasteiger partial charge is 0.497 e. The lowest BCUT2D eigenvalue weighted by atomic mass is 10.1. The van der Waals surface area contributed by atoms with Gasteiger partial charge >= 0.3 is 0 Å². The zero-order valence-corrected chi connectivity index (χ0v) is 14.5. The molecule has 2 aromatic rings. The second kappa shape index (κ2) is 8.54. The van der Waals surface area contributed by atoms with Crippen LogP contribution in [0.2, 0.25) is 0 Å². The van der Waals surface area contributed by atoms with Crippen LogP contribution < -0.4 is 14.8 Å². The molecule has 0 aliphatic heterocycles. The van der Waals surface area contributed by atoms with Crippen LogP contribution >= 0.6 is 23.1 Å². The number of thioether (sulfide) groups is 1. The Morgan fingerprint density at radius 1 is 1.39 bits per heavy atom. The van der Waals surface area contributed by atoms with Crippen LogP contribution in [-0.4, -0.2) is 42.5 Å². The van der Waals surface area contributed by atoms with Crippen molar-refractivity contribution in [3.63, 3.8) is 0 Å². The molecule has 0 bridgehead atoms. The molecule has 0 saturated heterocycles. The molecule has 122 valence electrons. The van der Waals surface area contributed by atoms with Gasteiger partial charge in [-0.2, -0.15) is 0 Å². The number of carbonyl (C=O) groups is 1. The number of hydrogen-bond donors (Lipinski definition) is 1. The summed E-state index contributed by atoms with van der Waals surface area (Å²) in [6.45, 7) is 4.25. The summed E-state index contributed by atoms with van der Waals surface area (Å²) in [7, 11) is 3.10. The second-order valence-corrected chi connectivity index (χ2v) is 6.52. The summed E-state index contributed by atoms with van der Waals surface area (Å²) in [5.41, 5.74) is 0.523. The van der Waals surface area contributed by atoms with Crippen LogP contribution in [0.4, 0.5) is 5.13 Å². The van der Waals surface area contributed by atoms with Crippen LogP contribution in [-0.2, 0) is 0 Å². The van der Waals surface area contributed by atoms with Gasteiger partial charge in [0.2, 0.25) is 5.13 Å². The molecular weight excluding hydrogens is 334 g/mol. The third kappa shape index (κ3) is 4.70. The van der Waals surface area contributed by atoms with Crippen molar-refractivity contribution >= 4 is 34.0 Å². The number of aromatic nitrogens is 2. The zero-order chi connectivity index (χ0) is 16.7. The topological polar surface area (TPSA) is 73.3 Å². The van der Waals surface area contributed by atoms with E-state index in [0.717, 1.165) is 4.34 Å². The lowest BCUT2D eigenvalue weighted by molar-refractivity contribution is 0.101. The summed E-state index contributed by atoms with van der Waals surface area (Å²) in [6, 6.07) is 5.14. The Labute approximate surface area is 142 Å².